The average Bonchev–Trinajstić information content (AvgIpc) is 2.89. The van der Waals surface area contributed by atoms with Crippen molar-refractivity contribution in [1.29, 1.82) is 0 Å². The monoisotopic (exact) mass is 598 g/mol. The number of sulfonamides is 1. The maximum absolute atomic E-state index is 13.3. The number of halogens is 1. The van der Waals surface area contributed by atoms with Crippen LogP contribution in [0.5, 0.6) is 0 Å². The van der Waals surface area contributed by atoms with Gasteiger partial charge < -0.3 is 5.32 Å². The van der Waals surface area contributed by atoms with Gasteiger partial charge in [0.05, 0.1) is 16.6 Å². The fraction of sp³-hybridized carbons (Fsp3) is 0.500. The summed E-state index contributed by atoms with van der Waals surface area (Å²) in [5.41, 5.74) is 2.61. The van der Waals surface area contributed by atoms with E-state index in [0.717, 1.165) is 33.4 Å². The van der Waals surface area contributed by atoms with Crippen molar-refractivity contribution in [3.63, 3.8) is 0 Å². The Bertz CT molecular complexity index is 1050. The molecule has 1 aliphatic heterocycles. The molecule has 186 valence electrons. The van der Waals surface area contributed by atoms with Gasteiger partial charge in [-0.15, -0.1) is 0 Å². The van der Waals surface area contributed by atoms with E-state index in [0.29, 0.717) is 4.90 Å². The Morgan fingerprint density at radius 2 is 1.50 bits per heavy atom. The third-order valence-corrected chi connectivity index (χ3v) is 8.64. The third kappa shape index (κ3) is 7.63. The lowest BCUT2D eigenvalue weighted by Gasteiger charge is -2.22. The number of para-hydroxylation sites is 1. The Balaban J connectivity index is 0.00000129. The maximum atomic E-state index is 13.3. The molecule has 2 aromatic rings. The van der Waals surface area contributed by atoms with Gasteiger partial charge in [0.25, 0.3) is 10.0 Å². The minimum absolute atomic E-state index is 0.128. The number of hydrogen-bond donors (Lipinski definition) is 1. The summed E-state index contributed by atoms with van der Waals surface area (Å²) >= 11 is 2.18. The fourth-order valence-corrected chi connectivity index (χ4v) is 6.52. The van der Waals surface area contributed by atoms with E-state index in [1.54, 1.807) is 13.1 Å². The molecule has 0 saturated carbocycles. The summed E-state index contributed by atoms with van der Waals surface area (Å²) in [6, 6.07) is 13.5. The first-order valence-corrected chi connectivity index (χ1v) is 14.5. The molecule has 0 aromatic heterocycles. The second kappa shape index (κ2) is 14.6. The van der Waals surface area contributed by atoms with Gasteiger partial charge in [-0.3, -0.25) is 4.31 Å². The van der Waals surface area contributed by atoms with Crippen LogP contribution < -0.4 is 9.62 Å². The molecule has 1 N–H and O–H groups in total. The number of unbranched alkanes of at least 4 members (excludes halogenated alkanes) is 8. The van der Waals surface area contributed by atoms with Crippen molar-refractivity contribution in [2.45, 2.75) is 75.6 Å². The van der Waals surface area contributed by atoms with E-state index in [4.69, 9.17) is 9.59 Å². The largest absolute Gasteiger partial charge is 0.373 e. The molecular formula is C26H35IN2O4S. The van der Waals surface area contributed by atoms with Crippen molar-refractivity contribution in [2.24, 2.45) is 0 Å². The fourth-order valence-electron chi connectivity index (χ4n) is 4.33. The van der Waals surface area contributed by atoms with Gasteiger partial charge in [-0.25, -0.2) is 8.42 Å². The molecule has 0 aliphatic carbocycles. The van der Waals surface area contributed by atoms with Gasteiger partial charge in [0, 0.05) is 10.6 Å². The molecule has 0 radical (unpaired) electrons. The Hall–Kier alpha value is -1.74. The van der Waals surface area contributed by atoms with Crippen LogP contribution in [0.4, 0.5) is 5.69 Å². The first-order chi connectivity index (χ1) is 16.4. The Morgan fingerprint density at radius 3 is 2.15 bits per heavy atom. The van der Waals surface area contributed by atoms with E-state index >= 15 is 0 Å². The molecule has 0 saturated heterocycles. The molecule has 0 bridgehead atoms. The van der Waals surface area contributed by atoms with E-state index in [-0.39, 0.29) is 12.2 Å². The lowest BCUT2D eigenvalue weighted by Crippen LogP contribution is -2.26. The Morgan fingerprint density at radius 1 is 0.912 bits per heavy atom. The zero-order chi connectivity index (χ0) is 25.0. The highest BCUT2D eigenvalue weighted by atomic mass is 127. The molecule has 1 aliphatic rings. The number of fused-ring (bicyclic) bond motifs is 2. The summed E-state index contributed by atoms with van der Waals surface area (Å²) in [5.74, 6) is 0. The van der Waals surface area contributed by atoms with E-state index in [1.807, 2.05) is 36.4 Å². The van der Waals surface area contributed by atoms with Crippen molar-refractivity contribution in [3.05, 3.63) is 57.2 Å². The first kappa shape index (κ1) is 28.5. The van der Waals surface area contributed by atoms with E-state index in [2.05, 4.69) is 34.8 Å². The summed E-state index contributed by atoms with van der Waals surface area (Å²) in [7, 11) is -1.94. The molecule has 1 unspecified atom stereocenters. The lowest BCUT2D eigenvalue weighted by atomic mass is 9.96. The van der Waals surface area contributed by atoms with Gasteiger partial charge in [0.1, 0.15) is 0 Å². The SMILES string of the molecule is CCCCCCCCCCCNC1c2ccccc2N(C)S(=O)(=O)c2cc(I)ccc21.O=C=O. The zero-order valence-electron chi connectivity index (χ0n) is 20.1. The van der Waals surface area contributed by atoms with Crippen LogP contribution in [0.15, 0.2) is 47.4 Å². The topological polar surface area (TPSA) is 83.6 Å². The second-order valence-electron chi connectivity index (χ2n) is 8.51. The number of benzene rings is 2. The van der Waals surface area contributed by atoms with Gasteiger partial charge in [-0.1, -0.05) is 82.6 Å². The summed E-state index contributed by atoms with van der Waals surface area (Å²) in [5, 5.41) is 3.68. The van der Waals surface area contributed by atoms with Crippen molar-refractivity contribution >= 4 is 44.5 Å². The van der Waals surface area contributed by atoms with Crippen LogP contribution in [0.2, 0.25) is 0 Å². The van der Waals surface area contributed by atoms with Crippen molar-refractivity contribution in [2.75, 3.05) is 17.9 Å². The highest BCUT2D eigenvalue weighted by Gasteiger charge is 2.34. The number of hydrogen-bond acceptors (Lipinski definition) is 5. The van der Waals surface area contributed by atoms with Gasteiger partial charge in [0.2, 0.25) is 0 Å². The highest BCUT2D eigenvalue weighted by molar-refractivity contribution is 14.1. The van der Waals surface area contributed by atoms with Crippen LogP contribution in [0.25, 0.3) is 0 Å². The summed E-state index contributed by atoms with van der Waals surface area (Å²) in [6.45, 7) is 3.14. The Labute approximate surface area is 217 Å². The predicted octanol–water partition coefficient (Wildman–Crippen LogP) is 6.06. The van der Waals surface area contributed by atoms with Crippen LogP contribution in [-0.4, -0.2) is 28.2 Å². The van der Waals surface area contributed by atoms with Crippen LogP contribution >= 0.6 is 22.6 Å². The highest BCUT2D eigenvalue weighted by Crippen LogP contribution is 2.40. The van der Waals surface area contributed by atoms with E-state index < -0.39 is 10.0 Å². The minimum Gasteiger partial charge on any atom is -0.306 e. The van der Waals surface area contributed by atoms with Crippen molar-refractivity contribution in [3.8, 4) is 0 Å². The molecule has 6 nitrogen and oxygen atoms in total. The number of nitrogens with zero attached hydrogens (tertiary/aromatic N) is 1. The van der Waals surface area contributed by atoms with Gasteiger partial charge in [0.15, 0.2) is 0 Å². The molecular weight excluding hydrogens is 563 g/mol. The normalized spacial score (nSPS) is 15.9. The minimum atomic E-state index is -3.59. The molecule has 34 heavy (non-hydrogen) atoms. The molecule has 1 heterocycles. The van der Waals surface area contributed by atoms with Crippen molar-refractivity contribution < 1.29 is 18.0 Å². The lowest BCUT2D eigenvalue weighted by molar-refractivity contribution is -0.191. The Kier molecular flexibility index (Phi) is 12.2. The van der Waals surface area contributed by atoms with Crippen LogP contribution in [0.3, 0.4) is 0 Å². The number of nitrogens with one attached hydrogen (secondary N) is 1. The first-order valence-electron chi connectivity index (χ1n) is 12.0. The molecule has 0 amide bonds. The maximum Gasteiger partial charge on any atom is 0.373 e. The van der Waals surface area contributed by atoms with Gasteiger partial charge in [-0.05, 0) is 64.9 Å². The van der Waals surface area contributed by atoms with Gasteiger partial charge >= 0.3 is 6.15 Å². The molecule has 0 spiro atoms. The second-order valence-corrected chi connectivity index (χ2v) is 11.7. The molecule has 1 atom stereocenters. The summed E-state index contributed by atoms with van der Waals surface area (Å²) in [4.78, 5) is 16.7. The average molecular weight is 599 g/mol. The molecule has 3 rings (SSSR count). The molecule has 8 heteroatoms. The number of carbonyl (C=O) groups excluding carboxylic acids is 2. The number of anilines is 1. The van der Waals surface area contributed by atoms with Gasteiger partial charge in [-0.2, -0.15) is 9.59 Å². The quantitative estimate of drug-likeness (QED) is 0.251. The van der Waals surface area contributed by atoms with Crippen LogP contribution in [0, 0.1) is 3.57 Å². The molecule has 0 fully saturated rings. The predicted molar refractivity (Wildman–Crippen MR) is 143 cm³/mol. The standard InChI is InChI=1S/C25H35IN2O2S.CO2/c1-3-4-5-6-7-8-9-10-13-18-27-25-21-14-11-12-15-23(21)28(2)31(29,30)24-19-20(26)16-17-22(24)25;2-1-3/h11-12,14-17,19,25,27H,3-10,13,18H2,1-2H3;. The summed E-state index contributed by atoms with van der Waals surface area (Å²) < 4.78 is 29.0. The van der Waals surface area contributed by atoms with Crippen LogP contribution in [0.1, 0.15) is 81.9 Å². The zero-order valence-corrected chi connectivity index (χ0v) is 23.0. The van der Waals surface area contributed by atoms with Crippen LogP contribution in [-0.2, 0) is 19.6 Å². The smallest absolute Gasteiger partial charge is 0.306 e. The molecule has 2 aromatic carbocycles. The van der Waals surface area contributed by atoms with E-state index in [9.17, 15) is 8.42 Å². The van der Waals surface area contributed by atoms with Crippen molar-refractivity contribution in [1.82, 2.24) is 5.32 Å². The van der Waals surface area contributed by atoms with E-state index in [1.165, 1.54) is 55.7 Å². The third-order valence-electron chi connectivity index (χ3n) is 6.14. The number of rotatable bonds is 11. The summed E-state index contributed by atoms with van der Waals surface area (Å²) in [6.07, 6.45) is 11.9.